The summed E-state index contributed by atoms with van der Waals surface area (Å²) in [6.45, 7) is 4.51. The Hall–Kier alpha value is -2.20. The summed E-state index contributed by atoms with van der Waals surface area (Å²) >= 11 is 0. The second-order valence-electron chi connectivity index (χ2n) is 6.44. The van der Waals surface area contributed by atoms with Crippen LogP contribution >= 0.6 is 0 Å². The van der Waals surface area contributed by atoms with Gasteiger partial charge < -0.3 is 10.2 Å². The molecule has 0 unspecified atom stereocenters. The van der Waals surface area contributed by atoms with Gasteiger partial charge in [-0.05, 0) is 41.2 Å². The number of nitrogens with zero attached hydrogens (tertiary/aromatic N) is 2. The van der Waals surface area contributed by atoms with Crippen molar-refractivity contribution in [3.8, 4) is 0 Å². The van der Waals surface area contributed by atoms with Crippen LogP contribution in [0.15, 0.2) is 42.7 Å². The molecule has 4 heteroatoms. The molecular weight excluding hydrogens is 289 g/mol. The highest BCUT2D eigenvalue weighted by Gasteiger charge is 2.36. The van der Waals surface area contributed by atoms with Gasteiger partial charge in [-0.25, -0.2) is 4.39 Å². The molecule has 0 aliphatic carbocycles. The molecule has 1 aromatic heterocycles. The molecular formula is C19H20FN3. The van der Waals surface area contributed by atoms with Crippen molar-refractivity contribution >= 4 is 17.8 Å². The lowest BCUT2D eigenvalue weighted by Gasteiger charge is -2.19. The molecule has 0 spiro atoms. The van der Waals surface area contributed by atoms with Gasteiger partial charge in [-0.15, -0.1) is 0 Å². The van der Waals surface area contributed by atoms with Crippen LogP contribution in [0.2, 0.25) is 0 Å². The van der Waals surface area contributed by atoms with Crippen molar-refractivity contribution in [3.05, 3.63) is 59.7 Å². The Balaban J connectivity index is 1.49. The van der Waals surface area contributed by atoms with Crippen molar-refractivity contribution in [2.45, 2.75) is 0 Å². The lowest BCUT2D eigenvalue weighted by Crippen LogP contribution is -2.25. The molecule has 0 amide bonds. The highest BCUT2D eigenvalue weighted by molar-refractivity contribution is 5.70. The molecule has 2 aliphatic rings. The van der Waals surface area contributed by atoms with Crippen LogP contribution in [-0.2, 0) is 0 Å². The number of fused-ring (bicyclic) bond motifs is 1. The van der Waals surface area contributed by atoms with E-state index in [1.54, 1.807) is 12.1 Å². The van der Waals surface area contributed by atoms with Crippen molar-refractivity contribution < 1.29 is 4.39 Å². The number of rotatable bonds is 3. The monoisotopic (exact) mass is 309 g/mol. The molecule has 2 fully saturated rings. The number of hydrogen-bond donors (Lipinski definition) is 1. The van der Waals surface area contributed by atoms with Gasteiger partial charge in [0.2, 0.25) is 0 Å². The Morgan fingerprint density at radius 1 is 1.00 bits per heavy atom. The van der Waals surface area contributed by atoms with Crippen molar-refractivity contribution in [1.29, 1.82) is 0 Å². The number of nitrogens with one attached hydrogen (secondary N) is 1. The zero-order chi connectivity index (χ0) is 15.6. The van der Waals surface area contributed by atoms with E-state index in [1.807, 2.05) is 24.5 Å². The molecule has 2 aliphatic heterocycles. The van der Waals surface area contributed by atoms with E-state index in [-0.39, 0.29) is 5.82 Å². The van der Waals surface area contributed by atoms with Crippen LogP contribution in [0.4, 0.5) is 10.1 Å². The van der Waals surface area contributed by atoms with Crippen LogP contribution in [0.5, 0.6) is 0 Å². The van der Waals surface area contributed by atoms with Gasteiger partial charge in [-0.2, -0.15) is 0 Å². The fraction of sp³-hybridized carbons (Fsp3) is 0.316. The van der Waals surface area contributed by atoms with Crippen LogP contribution in [0.25, 0.3) is 12.2 Å². The Kier molecular flexibility index (Phi) is 3.83. The van der Waals surface area contributed by atoms with E-state index in [2.05, 4.69) is 21.3 Å². The number of anilines is 1. The van der Waals surface area contributed by atoms with Gasteiger partial charge in [0.1, 0.15) is 5.82 Å². The van der Waals surface area contributed by atoms with Crippen molar-refractivity contribution in [2.75, 3.05) is 31.1 Å². The van der Waals surface area contributed by atoms with Crippen LogP contribution in [0, 0.1) is 17.7 Å². The van der Waals surface area contributed by atoms with Gasteiger partial charge in [-0.3, -0.25) is 4.98 Å². The second-order valence-corrected chi connectivity index (χ2v) is 6.44. The van der Waals surface area contributed by atoms with Crippen LogP contribution in [0.1, 0.15) is 11.1 Å². The zero-order valence-electron chi connectivity index (χ0n) is 13.0. The molecule has 23 heavy (non-hydrogen) atoms. The highest BCUT2D eigenvalue weighted by Crippen LogP contribution is 2.30. The molecule has 118 valence electrons. The molecule has 2 aromatic rings. The minimum Gasteiger partial charge on any atom is -0.370 e. The topological polar surface area (TPSA) is 28.2 Å². The summed E-state index contributed by atoms with van der Waals surface area (Å²) < 4.78 is 12.9. The first kappa shape index (κ1) is 14.4. The van der Waals surface area contributed by atoms with Crippen LogP contribution in [0.3, 0.4) is 0 Å². The van der Waals surface area contributed by atoms with E-state index < -0.39 is 0 Å². The largest absolute Gasteiger partial charge is 0.370 e. The minimum atomic E-state index is -0.208. The highest BCUT2D eigenvalue weighted by atomic mass is 19.1. The zero-order valence-corrected chi connectivity index (χ0v) is 13.0. The van der Waals surface area contributed by atoms with Gasteiger partial charge in [0.05, 0.1) is 11.9 Å². The van der Waals surface area contributed by atoms with Crippen molar-refractivity contribution in [2.24, 2.45) is 11.8 Å². The Bertz CT molecular complexity index is 699. The van der Waals surface area contributed by atoms with E-state index in [1.165, 1.54) is 17.8 Å². The molecule has 1 aromatic carbocycles. The molecule has 0 bridgehead atoms. The smallest absolute Gasteiger partial charge is 0.123 e. The average molecular weight is 309 g/mol. The van der Waals surface area contributed by atoms with Crippen LogP contribution < -0.4 is 10.2 Å². The SMILES string of the molecule is Fc1ccc(C=Cc2cncc(N3C[C@H]4CNC[C@H]4C3)c2)cc1. The lowest BCUT2D eigenvalue weighted by molar-refractivity contribution is 0.533. The van der Waals surface area contributed by atoms with Crippen molar-refractivity contribution in [1.82, 2.24) is 10.3 Å². The third kappa shape index (κ3) is 3.13. The molecule has 2 saturated heterocycles. The Morgan fingerprint density at radius 3 is 2.43 bits per heavy atom. The van der Waals surface area contributed by atoms with E-state index in [0.717, 1.165) is 49.1 Å². The van der Waals surface area contributed by atoms with E-state index in [4.69, 9.17) is 0 Å². The molecule has 4 rings (SSSR count). The number of halogens is 1. The van der Waals surface area contributed by atoms with Gasteiger partial charge in [0, 0.05) is 32.4 Å². The third-order valence-electron chi connectivity index (χ3n) is 4.84. The second kappa shape index (κ2) is 6.13. The predicted molar refractivity (Wildman–Crippen MR) is 91.6 cm³/mol. The first-order valence-corrected chi connectivity index (χ1v) is 8.12. The number of pyridine rings is 1. The standard InChI is InChI=1S/C19H20FN3/c20-18-5-3-14(4-6-18)1-2-15-7-19(11-21-8-15)23-12-16-9-22-10-17(16)13-23/h1-8,11,16-17,22H,9-10,12-13H2/t16-,17+. The van der Waals surface area contributed by atoms with E-state index in [9.17, 15) is 4.39 Å². The normalized spacial score (nSPS) is 23.6. The summed E-state index contributed by atoms with van der Waals surface area (Å²) in [6, 6.07) is 8.69. The molecule has 0 radical (unpaired) electrons. The summed E-state index contributed by atoms with van der Waals surface area (Å²) in [5.74, 6) is 1.33. The maximum Gasteiger partial charge on any atom is 0.123 e. The fourth-order valence-corrected chi connectivity index (χ4v) is 3.54. The summed E-state index contributed by atoms with van der Waals surface area (Å²) in [6.07, 6.45) is 7.83. The quantitative estimate of drug-likeness (QED) is 0.944. The average Bonchev–Trinajstić information content (AvgIpc) is 3.16. The van der Waals surface area contributed by atoms with Gasteiger partial charge in [-0.1, -0.05) is 24.3 Å². The van der Waals surface area contributed by atoms with Crippen molar-refractivity contribution in [3.63, 3.8) is 0 Å². The molecule has 3 heterocycles. The predicted octanol–water partition coefficient (Wildman–Crippen LogP) is 3.05. The van der Waals surface area contributed by atoms with E-state index in [0.29, 0.717) is 0 Å². The summed E-state index contributed by atoms with van der Waals surface area (Å²) in [4.78, 5) is 6.82. The summed E-state index contributed by atoms with van der Waals surface area (Å²) in [5.41, 5.74) is 3.25. The summed E-state index contributed by atoms with van der Waals surface area (Å²) in [5, 5.41) is 3.47. The first-order valence-electron chi connectivity index (χ1n) is 8.12. The van der Waals surface area contributed by atoms with Gasteiger partial charge >= 0.3 is 0 Å². The van der Waals surface area contributed by atoms with Gasteiger partial charge in [0.15, 0.2) is 0 Å². The third-order valence-corrected chi connectivity index (χ3v) is 4.84. The number of benzene rings is 1. The van der Waals surface area contributed by atoms with Crippen LogP contribution in [-0.4, -0.2) is 31.2 Å². The fourth-order valence-electron chi connectivity index (χ4n) is 3.54. The molecule has 3 nitrogen and oxygen atoms in total. The molecule has 0 saturated carbocycles. The molecule has 2 atom stereocenters. The molecule has 1 N–H and O–H groups in total. The summed E-state index contributed by atoms with van der Waals surface area (Å²) in [7, 11) is 0. The number of hydrogen-bond acceptors (Lipinski definition) is 3. The maximum absolute atomic E-state index is 12.9. The van der Waals surface area contributed by atoms with E-state index >= 15 is 0 Å². The number of aromatic nitrogens is 1. The van der Waals surface area contributed by atoms with Gasteiger partial charge in [0.25, 0.3) is 0 Å². The Morgan fingerprint density at radius 2 is 1.70 bits per heavy atom. The lowest BCUT2D eigenvalue weighted by atomic mass is 10.0. The maximum atomic E-state index is 12.9. The first-order chi connectivity index (χ1) is 11.3. The Labute approximate surface area is 135 Å². The minimum absolute atomic E-state index is 0.208.